The summed E-state index contributed by atoms with van der Waals surface area (Å²) in [5.74, 6) is -0.576. The number of carboxylic acid groups (broad SMARTS) is 1. The number of aromatic nitrogens is 1. The van der Waals surface area contributed by atoms with E-state index in [1.54, 1.807) is 18.2 Å². The summed E-state index contributed by atoms with van der Waals surface area (Å²) in [6.45, 7) is 0.967. The van der Waals surface area contributed by atoms with Crippen molar-refractivity contribution in [1.29, 1.82) is 0 Å². The summed E-state index contributed by atoms with van der Waals surface area (Å²) >= 11 is 0. The van der Waals surface area contributed by atoms with Crippen molar-refractivity contribution in [2.24, 2.45) is 0 Å². The number of carbonyl (C=O) groups is 1. The zero-order chi connectivity index (χ0) is 20.6. The molecule has 29 heavy (non-hydrogen) atoms. The Bertz CT molecular complexity index is 1200. The molecule has 0 amide bonds. The fourth-order valence-electron chi connectivity index (χ4n) is 3.61. The van der Waals surface area contributed by atoms with Gasteiger partial charge in [0.2, 0.25) is 10.0 Å². The summed E-state index contributed by atoms with van der Waals surface area (Å²) < 4.78 is 32.5. The average Bonchev–Trinajstić information content (AvgIpc) is 3.28. The maximum absolute atomic E-state index is 12.9. The highest BCUT2D eigenvalue weighted by Crippen LogP contribution is 2.32. The monoisotopic (exact) mass is 412 g/mol. The van der Waals surface area contributed by atoms with E-state index in [0.29, 0.717) is 35.6 Å². The molecule has 4 rings (SSSR count). The van der Waals surface area contributed by atoms with Gasteiger partial charge in [-0.2, -0.15) is 4.31 Å². The van der Waals surface area contributed by atoms with Crippen LogP contribution in [0.3, 0.4) is 0 Å². The Hall–Kier alpha value is -2.97. The molecule has 0 unspecified atom stereocenters. The number of rotatable bonds is 5. The van der Waals surface area contributed by atoms with Crippen molar-refractivity contribution in [1.82, 2.24) is 9.29 Å². The zero-order valence-electron chi connectivity index (χ0n) is 15.8. The van der Waals surface area contributed by atoms with Crippen LogP contribution in [0.2, 0.25) is 0 Å². The second kappa shape index (κ2) is 7.46. The van der Waals surface area contributed by atoms with E-state index < -0.39 is 16.0 Å². The highest BCUT2D eigenvalue weighted by molar-refractivity contribution is 7.89. The molecule has 8 heteroatoms. The van der Waals surface area contributed by atoms with E-state index in [9.17, 15) is 18.3 Å². The molecule has 0 atom stereocenters. The van der Waals surface area contributed by atoms with E-state index in [1.165, 1.54) is 29.6 Å². The largest absolute Gasteiger partial charge is 0.496 e. The average molecular weight is 412 g/mol. The van der Waals surface area contributed by atoms with Crippen LogP contribution < -0.4 is 4.74 Å². The van der Waals surface area contributed by atoms with Crippen molar-refractivity contribution >= 4 is 26.9 Å². The Kier molecular flexibility index (Phi) is 4.97. The van der Waals surface area contributed by atoms with Gasteiger partial charge in [-0.3, -0.25) is 0 Å². The standard InChI is InChI=1S/C21H20N2O5S/c1-28-20-7-3-2-6-15(20)19-13-17(21(24)25)16-12-14(8-9-18(16)22-19)29(26,27)23-10-4-5-11-23/h2-3,6-9,12-13H,4-5,10-11H2,1H3,(H,24,25). The van der Waals surface area contributed by atoms with Crippen LogP contribution in [0.25, 0.3) is 22.2 Å². The number of benzene rings is 2. The molecule has 2 heterocycles. The number of hydrogen-bond acceptors (Lipinski definition) is 5. The topological polar surface area (TPSA) is 96.8 Å². The maximum Gasteiger partial charge on any atom is 0.336 e. The van der Waals surface area contributed by atoms with Gasteiger partial charge in [0.25, 0.3) is 0 Å². The van der Waals surface area contributed by atoms with E-state index >= 15 is 0 Å². The van der Waals surface area contributed by atoms with Gasteiger partial charge >= 0.3 is 5.97 Å². The lowest BCUT2D eigenvalue weighted by Crippen LogP contribution is -2.27. The molecular weight excluding hydrogens is 392 g/mol. The summed E-state index contributed by atoms with van der Waals surface area (Å²) in [5.41, 5.74) is 1.51. The van der Waals surface area contributed by atoms with Gasteiger partial charge in [-0.25, -0.2) is 18.2 Å². The quantitative estimate of drug-likeness (QED) is 0.690. The normalized spacial score (nSPS) is 14.9. The molecule has 0 saturated carbocycles. The number of methoxy groups -OCH3 is 1. The number of ether oxygens (including phenoxy) is 1. The van der Waals surface area contributed by atoms with E-state index in [1.807, 2.05) is 12.1 Å². The van der Waals surface area contributed by atoms with Crippen LogP contribution in [-0.4, -0.2) is 49.0 Å². The number of hydrogen-bond donors (Lipinski definition) is 1. The SMILES string of the molecule is COc1ccccc1-c1cc(C(=O)O)c2cc(S(=O)(=O)N3CCCC3)ccc2n1. The third-order valence-electron chi connectivity index (χ3n) is 5.10. The van der Waals surface area contributed by atoms with Crippen molar-refractivity contribution in [3.05, 3.63) is 54.1 Å². The number of sulfonamides is 1. The fraction of sp³-hybridized carbons (Fsp3) is 0.238. The Morgan fingerprint density at radius 1 is 1.10 bits per heavy atom. The second-order valence-electron chi connectivity index (χ2n) is 6.85. The second-order valence-corrected chi connectivity index (χ2v) is 8.79. The molecule has 7 nitrogen and oxygen atoms in total. The van der Waals surface area contributed by atoms with Gasteiger partial charge in [-0.05, 0) is 49.2 Å². The minimum atomic E-state index is -3.65. The van der Waals surface area contributed by atoms with Crippen LogP contribution in [0.1, 0.15) is 23.2 Å². The van der Waals surface area contributed by atoms with Gasteiger partial charge in [-0.1, -0.05) is 12.1 Å². The molecule has 0 bridgehead atoms. The molecule has 1 aliphatic heterocycles. The molecule has 1 N–H and O–H groups in total. The minimum Gasteiger partial charge on any atom is -0.496 e. The number of nitrogens with zero attached hydrogens (tertiary/aromatic N) is 2. The van der Waals surface area contributed by atoms with Crippen LogP contribution in [0.5, 0.6) is 5.75 Å². The molecule has 150 valence electrons. The number of aromatic carboxylic acids is 1. The first-order valence-electron chi connectivity index (χ1n) is 9.23. The first-order chi connectivity index (χ1) is 13.9. The summed E-state index contributed by atoms with van der Waals surface area (Å²) in [5, 5.41) is 10.1. The highest BCUT2D eigenvalue weighted by atomic mass is 32.2. The molecule has 0 spiro atoms. The Morgan fingerprint density at radius 3 is 2.52 bits per heavy atom. The number of pyridine rings is 1. The predicted molar refractivity (Wildman–Crippen MR) is 109 cm³/mol. The van der Waals surface area contributed by atoms with Crippen LogP contribution >= 0.6 is 0 Å². The number of fused-ring (bicyclic) bond motifs is 1. The minimum absolute atomic E-state index is 0.00521. The molecule has 0 radical (unpaired) electrons. The highest BCUT2D eigenvalue weighted by Gasteiger charge is 2.28. The number of para-hydroxylation sites is 1. The predicted octanol–water partition coefficient (Wildman–Crippen LogP) is 3.39. The van der Waals surface area contributed by atoms with Gasteiger partial charge < -0.3 is 9.84 Å². The van der Waals surface area contributed by atoms with Gasteiger partial charge in [0.15, 0.2) is 0 Å². The van der Waals surface area contributed by atoms with Crippen LogP contribution in [-0.2, 0) is 10.0 Å². The summed E-state index contributed by atoms with van der Waals surface area (Å²) in [7, 11) is -2.12. The molecule has 3 aromatic rings. The fourth-order valence-corrected chi connectivity index (χ4v) is 5.16. The molecule has 1 aromatic heterocycles. The first kappa shape index (κ1) is 19.4. The Balaban J connectivity index is 1.90. The van der Waals surface area contributed by atoms with Crippen molar-refractivity contribution in [3.63, 3.8) is 0 Å². The summed E-state index contributed by atoms with van der Waals surface area (Å²) in [6, 6.07) is 13.1. The van der Waals surface area contributed by atoms with Crippen molar-refractivity contribution < 1.29 is 23.1 Å². The lowest BCUT2D eigenvalue weighted by atomic mass is 10.0. The first-order valence-corrected chi connectivity index (χ1v) is 10.7. The van der Waals surface area contributed by atoms with Gasteiger partial charge in [0.1, 0.15) is 5.75 Å². The van der Waals surface area contributed by atoms with Crippen LogP contribution in [0, 0.1) is 0 Å². The van der Waals surface area contributed by atoms with E-state index in [0.717, 1.165) is 12.8 Å². The molecular formula is C21H20N2O5S. The van der Waals surface area contributed by atoms with Gasteiger partial charge in [0.05, 0.1) is 28.8 Å². The van der Waals surface area contributed by atoms with Crippen LogP contribution in [0.15, 0.2) is 53.4 Å². The zero-order valence-corrected chi connectivity index (χ0v) is 16.6. The summed E-state index contributed by atoms with van der Waals surface area (Å²) in [6.07, 6.45) is 1.66. The smallest absolute Gasteiger partial charge is 0.336 e. The van der Waals surface area contributed by atoms with Crippen molar-refractivity contribution in [2.45, 2.75) is 17.7 Å². The molecule has 2 aromatic carbocycles. The molecule has 0 aliphatic carbocycles. The lowest BCUT2D eigenvalue weighted by molar-refractivity contribution is 0.0699. The lowest BCUT2D eigenvalue weighted by Gasteiger charge is -2.16. The number of carboxylic acids is 1. The Labute approximate surface area is 168 Å². The molecule has 1 fully saturated rings. The van der Waals surface area contributed by atoms with Crippen LogP contribution in [0.4, 0.5) is 0 Å². The third kappa shape index (κ3) is 3.45. The molecule has 1 aliphatic rings. The van der Waals surface area contributed by atoms with Crippen molar-refractivity contribution in [3.8, 4) is 17.0 Å². The maximum atomic E-state index is 12.9. The van der Waals surface area contributed by atoms with E-state index in [2.05, 4.69) is 4.98 Å². The third-order valence-corrected chi connectivity index (χ3v) is 6.99. The summed E-state index contributed by atoms with van der Waals surface area (Å²) in [4.78, 5) is 16.6. The van der Waals surface area contributed by atoms with E-state index in [4.69, 9.17) is 4.74 Å². The van der Waals surface area contributed by atoms with Crippen molar-refractivity contribution in [2.75, 3.05) is 20.2 Å². The van der Waals surface area contributed by atoms with E-state index in [-0.39, 0.29) is 15.8 Å². The molecule has 1 saturated heterocycles. The van der Waals surface area contributed by atoms with Gasteiger partial charge in [-0.15, -0.1) is 0 Å². The van der Waals surface area contributed by atoms with Gasteiger partial charge in [0, 0.05) is 24.0 Å². The Morgan fingerprint density at radius 2 is 1.83 bits per heavy atom.